The molecule has 4 rings (SSSR count). The first kappa shape index (κ1) is 19.7. The molecule has 3 heteroatoms. The van der Waals surface area contributed by atoms with E-state index in [0.717, 1.165) is 37.0 Å². The summed E-state index contributed by atoms with van der Waals surface area (Å²) < 4.78 is 39.7. The van der Waals surface area contributed by atoms with Gasteiger partial charge in [0, 0.05) is 6.42 Å². The maximum atomic E-state index is 13.2. The lowest BCUT2D eigenvalue weighted by molar-refractivity contribution is -0.196. The molecular formula is C24H35F3. The van der Waals surface area contributed by atoms with Crippen LogP contribution in [0.1, 0.15) is 84.5 Å². The van der Waals surface area contributed by atoms with E-state index in [9.17, 15) is 13.2 Å². The quantitative estimate of drug-likeness (QED) is 0.443. The third-order valence-corrected chi connectivity index (χ3v) is 9.41. The molecule has 0 heterocycles. The lowest BCUT2D eigenvalue weighted by Crippen LogP contribution is -2.49. The van der Waals surface area contributed by atoms with Gasteiger partial charge in [0.1, 0.15) is 0 Å². The molecule has 0 aromatic heterocycles. The van der Waals surface area contributed by atoms with E-state index in [2.05, 4.69) is 18.8 Å². The molecule has 4 aliphatic rings. The van der Waals surface area contributed by atoms with Gasteiger partial charge in [0.15, 0.2) is 0 Å². The summed E-state index contributed by atoms with van der Waals surface area (Å²) in [6.07, 6.45) is 7.43. The van der Waals surface area contributed by atoms with Crippen LogP contribution in [0, 0.1) is 58.7 Å². The maximum absolute atomic E-state index is 13.2. The van der Waals surface area contributed by atoms with Gasteiger partial charge in [0.05, 0.1) is 5.92 Å². The van der Waals surface area contributed by atoms with Crippen molar-refractivity contribution in [1.82, 2.24) is 0 Å². The molecule has 0 bridgehead atoms. The van der Waals surface area contributed by atoms with Crippen molar-refractivity contribution in [3.63, 3.8) is 0 Å². The Kier molecular flexibility index (Phi) is 5.32. The molecule has 4 fully saturated rings. The second kappa shape index (κ2) is 7.31. The van der Waals surface area contributed by atoms with Crippen LogP contribution in [0.25, 0.3) is 0 Å². The monoisotopic (exact) mass is 380 g/mol. The van der Waals surface area contributed by atoms with Gasteiger partial charge in [-0.2, -0.15) is 13.2 Å². The highest BCUT2D eigenvalue weighted by atomic mass is 19.4. The predicted molar refractivity (Wildman–Crippen MR) is 103 cm³/mol. The third-order valence-electron chi connectivity index (χ3n) is 9.41. The van der Waals surface area contributed by atoms with Gasteiger partial charge in [-0.15, -0.1) is 11.8 Å². The van der Waals surface area contributed by atoms with E-state index < -0.39 is 12.1 Å². The van der Waals surface area contributed by atoms with Crippen molar-refractivity contribution in [3.05, 3.63) is 0 Å². The van der Waals surface area contributed by atoms with Crippen LogP contribution >= 0.6 is 0 Å². The topological polar surface area (TPSA) is 0 Å². The molecule has 4 aliphatic carbocycles. The molecule has 0 spiro atoms. The molecule has 0 radical (unpaired) electrons. The molecule has 0 N–H and O–H groups in total. The van der Waals surface area contributed by atoms with Gasteiger partial charge in [-0.25, -0.2) is 0 Å². The van der Waals surface area contributed by atoms with E-state index in [-0.39, 0.29) is 0 Å². The zero-order chi connectivity index (χ0) is 19.2. The third kappa shape index (κ3) is 3.44. The van der Waals surface area contributed by atoms with Crippen LogP contribution in [0.5, 0.6) is 0 Å². The highest BCUT2D eigenvalue weighted by Gasteiger charge is 2.57. The first-order chi connectivity index (χ1) is 12.8. The summed E-state index contributed by atoms with van der Waals surface area (Å²) in [6, 6.07) is 0. The Morgan fingerprint density at radius 1 is 0.926 bits per heavy atom. The largest absolute Gasteiger partial charge is 0.391 e. The minimum atomic E-state index is -3.98. The number of rotatable bonds is 2. The molecule has 27 heavy (non-hydrogen) atoms. The molecule has 0 aliphatic heterocycles. The van der Waals surface area contributed by atoms with E-state index in [4.69, 9.17) is 0 Å². The minimum Gasteiger partial charge on any atom is -0.171 e. The molecule has 152 valence electrons. The summed E-state index contributed by atoms with van der Waals surface area (Å²) in [6.45, 7) is 4.47. The van der Waals surface area contributed by atoms with Crippen molar-refractivity contribution in [2.45, 2.75) is 90.7 Å². The van der Waals surface area contributed by atoms with E-state index >= 15 is 0 Å². The Balaban J connectivity index is 1.45. The SMILES string of the molecule is CC#CCCC1CCC2[C@@H]3CC[C@@H]4C[C@@H](C(F)(F)F)CC[C@@H]4C3CC[C@]12C. The van der Waals surface area contributed by atoms with Crippen molar-refractivity contribution in [2.75, 3.05) is 0 Å². The van der Waals surface area contributed by atoms with Crippen LogP contribution in [-0.4, -0.2) is 6.18 Å². The van der Waals surface area contributed by atoms with Gasteiger partial charge in [0.2, 0.25) is 0 Å². The number of alkyl halides is 3. The number of hydrogen-bond donors (Lipinski definition) is 0. The molecule has 3 unspecified atom stereocenters. The Bertz CT molecular complexity index is 597. The molecule has 0 saturated heterocycles. The van der Waals surface area contributed by atoms with Crippen LogP contribution in [0.3, 0.4) is 0 Å². The van der Waals surface area contributed by atoms with Crippen LogP contribution in [0.4, 0.5) is 13.2 Å². The highest BCUT2D eigenvalue weighted by molar-refractivity contribution is 5.07. The molecule has 0 aromatic rings. The zero-order valence-electron chi connectivity index (χ0n) is 17.0. The van der Waals surface area contributed by atoms with Crippen molar-refractivity contribution < 1.29 is 13.2 Å². The maximum Gasteiger partial charge on any atom is 0.391 e. The first-order valence-electron chi connectivity index (χ1n) is 11.3. The van der Waals surface area contributed by atoms with E-state index in [1.54, 1.807) is 0 Å². The molecule has 8 atom stereocenters. The Morgan fingerprint density at radius 3 is 2.44 bits per heavy atom. The molecule has 0 nitrogen and oxygen atoms in total. The van der Waals surface area contributed by atoms with Crippen LogP contribution in [0.15, 0.2) is 0 Å². The van der Waals surface area contributed by atoms with Gasteiger partial charge >= 0.3 is 6.18 Å². The second-order valence-corrected chi connectivity index (χ2v) is 10.3. The summed E-state index contributed by atoms with van der Waals surface area (Å²) in [5, 5.41) is 0. The normalized spacial score (nSPS) is 46.6. The average molecular weight is 381 g/mol. The Labute approximate surface area is 163 Å². The van der Waals surface area contributed by atoms with Crippen LogP contribution < -0.4 is 0 Å². The second-order valence-electron chi connectivity index (χ2n) is 10.3. The van der Waals surface area contributed by atoms with Gasteiger partial charge in [-0.3, -0.25) is 0 Å². The molecule has 0 amide bonds. The lowest BCUT2D eigenvalue weighted by Gasteiger charge is -2.56. The molecule has 4 saturated carbocycles. The van der Waals surface area contributed by atoms with Gasteiger partial charge in [0.25, 0.3) is 0 Å². The fraction of sp³-hybridized carbons (Fsp3) is 0.917. The standard InChI is InChI=1S/C24H35F3/c1-3-4-5-6-17-9-12-22-21-10-7-16-15-18(24(25,26)27)8-11-19(16)20(21)13-14-23(17,22)2/h16-22H,5-15H2,1-2H3/t16-,17?,18+,19+,20?,21-,22?,23-/m1/s1. The zero-order valence-corrected chi connectivity index (χ0v) is 17.0. The smallest absolute Gasteiger partial charge is 0.171 e. The van der Waals surface area contributed by atoms with Crippen molar-refractivity contribution in [1.29, 1.82) is 0 Å². The Hall–Kier alpha value is -0.650. The summed E-state index contributed by atoms with van der Waals surface area (Å²) in [4.78, 5) is 0. The van der Waals surface area contributed by atoms with E-state index in [1.807, 2.05) is 6.92 Å². The van der Waals surface area contributed by atoms with Gasteiger partial charge in [-0.05, 0) is 112 Å². The van der Waals surface area contributed by atoms with E-state index in [1.165, 1.54) is 38.5 Å². The summed E-state index contributed by atoms with van der Waals surface area (Å²) in [5.41, 5.74) is 0.465. The number of fused-ring (bicyclic) bond motifs is 5. The van der Waals surface area contributed by atoms with Crippen molar-refractivity contribution >= 4 is 0 Å². The van der Waals surface area contributed by atoms with Gasteiger partial charge in [-0.1, -0.05) is 6.92 Å². The summed E-state index contributed by atoms with van der Waals surface area (Å²) >= 11 is 0. The number of hydrogen-bond acceptors (Lipinski definition) is 0. The average Bonchev–Trinajstić information content (AvgIpc) is 2.97. The van der Waals surface area contributed by atoms with Crippen molar-refractivity contribution in [2.24, 2.45) is 46.8 Å². The molecular weight excluding hydrogens is 345 g/mol. The Morgan fingerprint density at radius 2 is 1.70 bits per heavy atom. The van der Waals surface area contributed by atoms with Crippen LogP contribution in [0.2, 0.25) is 0 Å². The first-order valence-corrected chi connectivity index (χ1v) is 11.3. The molecule has 0 aromatic carbocycles. The predicted octanol–water partition coefficient (Wildman–Crippen LogP) is 7.24. The fourth-order valence-corrected chi connectivity index (χ4v) is 8.10. The van der Waals surface area contributed by atoms with Crippen molar-refractivity contribution in [3.8, 4) is 11.8 Å². The highest BCUT2D eigenvalue weighted by Crippen LogP contribution is 2.65. The lowest BCUT2D eigenvalue weighted by atomic mass is 9.49. The summed E-state index contributed by atoms with van der Waals surface area (Å²) in [5.74, 6) is 9.31. The van der Waals surface area contributed by atoms with Crippen LogP contribution in [-0.2, 0) is 0 Å². The fourth-order valence-electron chi connectivity index (χ4n) is 8.10. The van der Waals surface area contributed by atoms with Gasteiger partial charge < -0.3 is 0 Å². The minimum absolute atomic E-state index is 0.341. The number of halogens is 3. The summed E-state index contributed by atoms with van der Waals surface area (Å²) in [7, 11) is 0. The van der Waals surface area contributed by atoms with E-state index in [0.29, 0.717) is 36.0 Å².